The Bertz CT molecular complexity index is 952. The molecule has 176 valence electrons. The molecule has 0 aromatic heterocycles. The summed E-state index contributed by atoms with van der Waals surface area (Å²) in [5.41, 5.74) is 3.99. The van der Waals surface area contributed by atoms with Crippen molar-refractivity contribution in [2.75, 3.05) is 13.1 Å². The van der Waals surface area contributed by atoms with Crippen LogP contribution in [-0.2, 0) is 9.59 Å². The first-order valence-electron chi connectivity index (χ1n) is 10.9. The lowest BCUT2D eigenvalue weighted by Crippen LogP contribution is -2.27. The summed E-state index contributed by atoms with van der Waals surface area (Å²) in [6.45, 7) is 8.81. The molecule has 2 N–H and O–H groups in total. The fraction of sp³-hybridized carbons (Fsp3) is 0.286. The van der Waals surface area contributed by atoms with Crippen LogP contribution < -0.4 is 0 Å². The van der Waals surface area contributed by atoms with Gasteiger partial charge >= 0.3 is 5.97 Å². The molecule has 0 aliphatic carbocycles. The molecule has 0 radical (unpaired) electrons. The third kappa shape index (κ3) is 13.6. The fourth-order valence-corrected chi connectivity index (χ4v) is 2.79. The lowest BCUT2D eigenvalue weighted by Gasteiger charge is -2.12. The normalized spacial score (nSPS) is 19.4. The second kappa shape index (κ2) is 15.4. The maximum atomic E-state index is 12.0. The minimum absolute atomic E-state index is 0.0659. The van der Waals surface area contributed by atoms with Gasteiger partial charge < -0.3 is 15.1 Å². The van der Waals surface area contributed by atoms with Crippen molar-refractivity contribution in [3.05, 3.63) is 107 Å². The van der Waals surface area contributed by atoms with Gasteiger partial charge in [0, 0.05) is 25.2 Å². The minimum Gasteiger partial charge on any atom is -0.478 e. The molecular weight excluding hydrogens is 414 g/mol. The van der Waals surface area contributed by atoms with Gasteiger partial charge in [-0.3, -0.25) is 4.79 Å². The topological polar surface area (TPSA) is 77.8 Å². The SMILES string of the molecule is CC(=C/C=C/C(C)=C/C=C/C=C(C)/C=C/C=C(C)/C=C/C(=O)N1CC[C@H](O)C1)/C=C/C(=O)O. The molecule has 1 fully saturated rings. The third-order valence-electron chi connectivity index (χ3n) is 4.72. The molecule has 1 saturated heterocycles. The maximum Gasteiger partial charge on any atom is 0.328 e. The van der Waals surface area contributed by atoms with Crippen LogP contribution >= 0.6 is 0 Å². The number of nitrogens with zero attached hydrogens (tertiary/aromatic N) is 1. The summed E-state index contributed by atoms with van der Waals surface area (Å²) >= 11 is 0. The van der Waals surface area contributed by atoms with E-state index in [1.807, 2.05) is 88.5 Å². The number of aliphatic hydroxyl groups is 1. The number of carbonyl (C=O) groups is 2. The first-order valence-corrected chi connectivity index (χ1v) is 10.9. The molecule has 0 saturated carbocycles. The highest BCUT2D eigenvalue weighted by Gasteiger charge is 2.22. The predicted molar refractivity (Wildman–Crippen MR) is 136 cm³/mol. The summed E-state index contributed by atoms with van der Waals surface area (Å²) < 4.78 is 0. The van der Waals surface area contributed by atoms with Crippen molar-refractivity contribution in [3.63, 3.8) is 0 Å². The second-order valence-corrected chi connectivity index (χ2v) is 7.98. The molecule has 1 atom stereocenters. The van der Waals surface area contributed by atoms with Crippen LogP contribution in [0.15, 0.2) is 107 Å². The molecule has 33 heavy (non-hydrogen) atoms. The van der Waals surface area contributed by atoms with E-state index in [-0.39, 0.29) is 5.91 Å². The molecule has 5 heteroatoms. The number of allylic oxidation sites excluding steroid dienone is 16. The number of aliphatic hydroxyl groups excluding tert-OH is 1. The van der Waals surface area contributed by atoms with Gasteiger partial charge in [-0.15, -0.1) is 0 Å². The summed E-state index contributed by atoms with van der Waals surface area (Å²) in [6, 6.07) is 0. The quantitative estimate of drug-likeness (QED) is 0.354. The van der Waals surface area contributed by atoms with Crippen LogP contribution in [0.5, 0.6) is 0 Å². The van der Waals surface area contributed by atoms with E-state index in [0.717, 1.165) is 28.4 Å². The zero-order chi connectivity index (χ0) is 24.6. The zero-order valence-corrected chi connectivity index (χ0v) is 19.9. The van der Waals surface area contributed by atoms with E-state index in [0.29, 0.717) is 19.5 Å². The molecule has 0 aromatic rings. The Morgan fingerprint density at radius 3 is 1.61 bits per heavy atom. The van der Waals surface area contributed by atoms with Crippen molar-refractivity contribution in [2.24, 2.45) is 0 Å². The summed E-state index contributed by atoms with van der Waals surface area (Å²) in [5.74, 6) is -1.02. The standard InChI is InChI=1S/C28H35NO4/c1-22(9-5-6-10-23(2)12-8-14-25(4)16-18-28(32)33)11-7-13-24(3)15-17-27(31)29-20-19-26(30)21-29/h5-18,26,30H,19-21H2,1-4H3,(H,32,33)/b6-5+,11-7+,12-8+,17-15+,18-16+,22-9+,23-10+,24-13+,25-14-/t26-/m0/s1. The lowest BCUT2D eigenvalue weighted by atomic mass is 10.2. The average molecular weight is 450 g/mol. The van der Waals surface area contributed by atoms with E-state index in [4.69, 9.17) is 5.11 Å². The summed E-state index contributed by atoms with van der Waals surface area (Å²) in [7, 11) is 0. The number of hydrogen-bond acceptors (Lipinski definition) is 3. The van der Waals surface area contributed by atoms with Gasteiger partial charge in [0.2, 0.25) is 5.91 Å². The number of amides is 1. The number of aliphatic carboxylic acids is 1. The predicted octanol–water partition coefficient (Wildman–Crippen LogP) is 5.23. The highest BCUT2D eigenvalue weighted by atomic mass is 16.4. The van der Waals surface area contributed by atoms with E-state index in [1.54, 1.807) is 23.1 Å². The number of β-amino-alcohol motifs (C(OH)–C–C–N with tert-alkyl or cyclic N) is 1. The van der Waals surface area contributed by atoms with Gasteiger partial charge in [0.1, 0.15) is 0 Å². The van der Waals surface area contributed by atoms with Crippen molar-refractivity contribution in [1.29, 1.82) is 0 Å². The van der Waals surface area contributed by atoms with Crippen LogP contribution in [0.1, 0.15) is 34.1 Å². The summed E-state index contributed by atoms with van der Waals surface area (Å²) in [5, 5.41) is 18.1. The number of carbonyl (C=O) groups excluding carboxylic acids is 1. The molecule has 1 amide bonds. The molecule has 5 nitrogen and oxygen atoms in total. The van der Waals surface area contributed by atoms with Crippen LogP contribution in [0, 0.1) is 0 Å². The Morgan fingerprint density at radius 1 is 0.697 bits per heavy atom. The highest BCUT2D eigenvalue weighted by Crippen LogP contribution is 2.09. The molecule has 1 heterocycles. The van der Waals surface area contributed by atoms with Gasteiger partial charge in [-0.2, -0.15) is 0 Å². The van der Waals surface area contributed by atoms with E-state index < -0.39 is 12.1 Å². The van der Waals surface area contributed by atoms with Crippen LogP contribution in [0.3, 0.4) is 0 Å². The zero-order valence-electron chi connectivity index (χ0n) is 19.9. The van der Waals surface area contributed by atoms with Gasteiger partial charge in [0.25, 0.3) is 0 Å². The fourth-order valence-electron chi connectivity index (χ4n) is 2.79. The summed E-state index contributed by atoms with van der Waals surface area (Å²) in [4.78, 5) is 24.2. The van der Waals surface area contributed by atoms with E-state index in [9.17, 15) is 14.7 Å². The Labute approximate surface area is 197 Å². The van der Waals surface area contributed by atoms with E-state index in [1.165, 1.54) is 0 Å². The number of hydrogen-bond donors (Lipinski definition) is 2. The largest absolute Gasteiger partial charge is 0.478 e. The van der Waals surface area contributed by atoms with Crippen LogP contribution in [0.25, 0.3) is 0 Å². The van der Waals surface area contributed by atoms with Crippen LogP contribution in [-0.4, -0.2) is 46.2 Å². The Balaban J connectivity index is 2.51. The van der Waals surface area contributed by atoms with Gasteiger partial charge in [0.05, 0.1) is 6.10 Å². The molecule has 1 aliphatic rings. The maximum absolute atomic E-state index is 12.0. The highest BCUT2D eigenvalue weighted by molar-refractivity contribution is 5.88. The Morgan fingerprint density at radius 2 is 1.15 bits per heavy atom. The molecule has 0 spiro atoms. The molecule has 0 unspecified atom stereocenters. The van der Waals surface area contributed by atoms with E-state index in [2.05, 4.69) is 0 Å². The van der Waals surface area contributed by atoms with Gasteiger partial charge in [0.15, 0.2) is 0 Å². The minimum atomic E-state index is -0.958. The lowest BCUT2D eigenvalue weighted by molar-refractivity contribution is -0.131. The monoisotopic (exact) mass is 449 g/mol. The smallest absolute Gasteiger partial charge is 0.328 e. The van der Waals surface area contributed by atoms with Crippen LogP contribution in [0.4, 0.5) is 0 Å². The number of carboxylic acids is 1. The number of rotatable bonds is 10. The van der Waals surface area contributed by atoms with Gasteiger partial charge in [-0.25, -0.2) is 4.79 Å². The summed E-state index contributed by atoms with van der Waals surface area (Å²) in [6.07, 6.45) is 25.8. The second-order valence-electron chi connectivity index (χ2n) is 7.98. The molecule has 0 bridgehead atoms. The van der Waals surface area contributed by atoms with Gasteiger partial charge in [-0.1, -0.05) is 95.2 Å². The first-order chi connectivity index (χ1) is 15.7. The average Bonchev–Trinajstić information content (AvgIpc) is 3.20. The first kappa shape index (κ1) is 27.6. The van der Waals surface area contributed by atoms with Crippen molar-refractivity contribution in [2.45, 2.75) is 40.2 Å². The number of carboxylic acid groups (broad SMARTS) is 1. The van der Waals surface area contributed by atoms with E-state index >= 15 is 0 Å². The molecule has 1 rings (SSSR count). The Hall–Kier alpha value is -3.44. The Kier molecular flexibility index (Phi) is 12.9. The number of likely N-dealkylation sites (tertiary alicyclic amines) is 1. The van der Waals surface area contributed by atoms with Crippen LogP contribution in [0.2, 0.25) is 0 Å². The molecule has 0 aromatic carbocycles. The van der Waals surface area contributed by atoms with Crippen molar-refractivity contribution >= 4 is 11.9 Å². The molecule has 1 aliphatic heterocycles. The van der Waals surface area contributed by atoms with Gasteiger partial charge in [-0.05, 0) is 34.1 Å². The van der Waals surface area contributed by atoms with Crippen molar-refractivity contribution < 1.29 is 19.8 Å². The van der Waals surface area contributed by atoms with Crippen molar-refractivity contribution in [3.8, 4) is 0 Å². The van der Waals surface area contributed by atoms with Crippen molar-refractivity contribution in [1.82, 2.24) is 4.90 Å². The molecular formula is C28H35NO4. The third-order valence-corrected chi connectivity index (χ3v) is 4.72.